The molecule has 0 spiro atoms. The van der Waals surface area contributed by atoms with Crippen molar-refractivity contribution in [2.75, 3.05) is 11.9 Å². The Morgan fingerprint density at radius 2 is 1.90 bits per heavy atom. The Morgan fingerprint density at radius 3 is 2.62 bits per heavy atom. The summed E-state index contributed by atoms with van der Waals surface area (Å²) < 4.78 is 5.15. The summed E-state index contributed by atoms with van der Waals surface area (Å²) in [5.74, 6) is 0.539. The number of nitrogens with one attached hydrogen (secondary N) is 4. The summed E-state index contributed by atoms with van der Waals surface area (Å²) >= 11 is 5.02. The molecule has 0 aliphatic carbocycles. The van der Waals surface area contributed by atoms with Crippen LogP contribution >= 0.6 is 12.2 Å². The van der Waals surface area contributed by atoms with E-state index in [0.717, 1.165) is 11.4 Å². The quantitative estimate of drug-likeness (QED) is 0.494. The van der Waals surface area contributed by atoms with E-state index < -0.39 is 0 Å². The molecule has 4 N–H and O–H groups in total. The van der Waals surface area contributed by atoms with E-state index >= 15 is 0 Å². The lowest BCUT2D eigenvalue weighted by atomic mass is 10.3. The van der Waals surface area contributed by atoms with E-state index in [0.29, 0.717) is 11.7 Å². The van der Waals surface area contributed by atoms with E-state index in [2.05, 4.69) is 21.5 Å². The molecule has 0 aliphatic rings. The molecule has 0 atom stereocenters. The third-order valence-electron chi connectivity index (χ3n) is 2.55. The lowest BCUT2D eigenvalue weighted by molar-refractivity contribution is -0.119. The number of benzene rings is 1. The van der Waals surface area contributed by atoms with Crippen LogP contribution in [0.1, 0.15) is 5.76 Å². The normalized spacial score (nSPS) is 9.71. The Kier molecular flexibility index (Phi) is 5.60. The van der Waals surface area contributed by atoms with Crippen LogP contribution < -0.4 is 21.5 Å². The minimum Gasteiger partial charge on any atom is -0.467 e. The molecule has 0 saturated carbocycles. The second kappa shape index (κ2) is 7.91. The summed E-state index contributed by atoms with van der Waals surface area (Å²) in [7, 11) is 0. The maximum atomic E-state index is 11.6. The highest BCUT2D eigenvalue weighted by molar-refractivity contribution is 7.80. The number of furan rings is 1. The molecule has 0 radical (unpaired) electrons. The molecule has 0 fully saturated rings. The van der Waals surface area contributed by atoms with Gasteiger partial charge in [-0.3, -0.25) is 15.6 Å². The lowest BCUT2D eigenvalue weighted by Crippen LogP contribution is -2.48. The molecule has 2 rings (SSSR count). The van der Waals surface area contributed by atoms with Crippen LogP contribution in [-0.2, 0) is 11.3 Å². The van der Waals surface area contributed by atoms with E-state index in [1.165, 1.54) is 0 Å². The van der Waals surface area contributed by atoms with Gasteiger partial charge in [0, 0.05) is 5.69 Å². The highest BCUT2D eigenvalue weighted by atomic mass is 32.1. The number of hydrazine groups is 1. The van der Waals surface area contributed by atoms with Crippen molar-refractivity contribution < 1.29 is 9.21 Å². The molecule has 1 aromatic heterocycles. The van der Waals surface area contributed by atoms with Crippen LogP contribution in [0.2, 0.25) is 0 Å². The van der Waals surface area contributed by atoms with Crippen molar-refractivity contribution in [3.05, 3.63) is 54.5 Å². The fraction of sp³-hybridized carbons (Fsp3) is 0.143. The predicted molar refractivity (Wildman–Crippen MR) is 84.4 cm³/mol. The summed E-state index contributed by atoms with van der Waals surface area (Å²) in [5.41, 5.74) is 6.00. The van der Waals surface area contributed by atoms with Crippen LogP contribution in [0.5, 0.6) is 0 Å². The third-order valence-corrected chi connectivity index (χ3v) is 2.79. The van der Waals surface area contributed by atoms with Gasteiger partial charge in [-0.1, -0.05) is 18.2 Å². The first-order valence-corrected chi connectivity index (χ1v) is 6.79. The largest absolute Gasteiger partial charge is 0.467 e. The van der Waals surface area contributed by atoms with E-state index in [4.69, 9.17) is 16.6 Å². The smallest absolute Gasteiger partial charge is 0.257 e. The van der Waals surface area contributed by atoms with Crippen molar-refractivity contribution in [3.8, 4) is 0 Å². The van der Waals surface area contributed by atoms with Gasteiger partial charge in [-0.2, -0.15) is 0 Å². The zero-order chi connectivity index (χ0) is 14.9. The lowest BCUT2D eigenvalue weighted by Gasteiger charge is -2.11. The SMILES string of the molecule is O=C(CNc1ccccc1)NNC(=S)NCc1ccco1. The molecular formula is C14H16N4O2S. The molecular weight excluding hydrogens is 288 g/mol. The fourth-order valence-corrected chi connectivity index (χ4v) is 1.66. The van der Waals surface area contributed by atoms with Crippen molar-refractivity contribution in [2.24, 2.45) is 0 Å². The number of carbonyl (C=O) groups is 1. The first-order valence-electron chi connectivity index (χ1n) is 6.38. The molecule has 0 aliphatic heterocycles. The van der Waals surface area contributed by atoms with E-state index in [9.17, 15) is 4.79 Å². The van der Waals surface area contributed by atoms with Gasteiger partial charge in [0.2, 0.25) is 0 Å². The molecule has 0 saturated heterocycles. The van der Waals surface area contributed by atoms with Crippen LogP contribution in [0.15, 0.2) is 53.1 Å². The standard InChI is InChI=1S/C14H16N4O2S/c19-13(10-15-11-5-2-1-3-6-11)17-18-14(21)16-9-12-7-4-8-20-12/h1-8,15H,9-10H2,(H,17,19)(H2,16,18,21). The van der Waals surface area contributed by atoms with Crippen LogP contribution in [0.3, 0.4) is 0 Å². The van der Waals surface area contributed by atoms with E-state index in [1.54, 1.807) is 12.3 Å². The van der Waals surface area contributed by atoms with Crippen molar-refractivity contribution in [3.63, 3.8) is 0 Å². The van der Waals surface area contributed by atoms with Gasteiger partial charge in [0.15, 0.2) is 5.11 Å². The molecule has 1 amide bonds. The number of carbonyl (C=O) groups excluding carboxylic acids is 1. The summed E-state index contributed by atoms with van der Waals surface area (Å²) in [6.45, 7) is 0.606. The van der Waals surface area contributed by atoms with Crippen LogP contribution in [0.25, 0.3) is 0 Å². The molecule has 21 heavy (non-hydrogen) atoms. The minimum atomic E-state index is -0.221. The van der Waals surface area contributed by atoms with E-state index in [1.807, 2.05) is 36.4 Å². The number of hydrogen-bond donors (Lipinski definition) is 4. The zero-order valence-electron chi connectivity index (χ0n) is 11.3. The molecule has 6 nitrogen and oxygen atoms in total. The molecule has 110 valence electrons. The highest BCUT2D eigenvalue weighted by Gasteiger charge is 2.02. The highest BCUT2D eigenvalue weighted by Crippen LogP contribution is 2.03. The second-order valence-corrected chi connectivity index (χ2v) is 4.56. The van der Waals surface area contributed by atoms with Crippen molar-refractivity contribution in [1.29, 1.82) is 0 Å². The molecule has 7 heteroatoms. The maximum Gasteiger partial charge on any atom is 0.257 e. The molecule has 1 aromatic carbocycles. The summed E-state index contributed by atoms with van der Waals surface area (Å²) in [5, 5.41) is 6.22. The monoisotopic (exact) mass is 304 g/mol. The Balaban J connectivity index is 1.61. The Bertz CT molecular complexity index is 572. The topological polar surface area (TPSA) is 78.3 Å². The average molecular weight is 304 g/mol. The molecule has 2 aromatic rings. The number of hydrogen-bond acceptors (Lipinski definition) is 4. The zero-order valence-corrected chi connectivity index (χ0v) is 12.1. The average Bonchev–Trinajstić information content (AvgIpc) is 3.03. The first-order chi connectivity index (χ1) is 10.2. The Morgan fingerprint density at radius 1 is 1.10 bits per heavy atom. The Hall–Kier alpha value is -2.54. The van der Waals surface area contributed by atoms with Gasteiger partial charge >= 0.3 is 0 Å². The van der Waals surface area contributed by atoms with Crippen molar-refractivity contribution >= 4 is 28.9 Å². The fourth-order valence-electron chi connectivity index (χ4n) is 1.53. The van der Waals surface area contributed by atoms with Crippen LogP contribution in [-0.4, -0.2) is 17.6 Å². The number of para-hydroxylation sites is 1. The van der Waals surface area contributed by atoms with Gasteiger partial charge in [0.05, 0.1) is 19.4 Å². The van der Waals surface area contributed by atoms with Crippen molar-refractivity contribution in [2.45, 2.75) is 6.54 Å². The summed E-state index contributed by atoms with van der Waals surface area (Å²) in [4.78, 5) is 11.6. The van der Waals surface area contributed by atoms with E-state index in [-0.39, 0.29) is 12.5 Å². The van der Waals surface area contributed by atoms with Gasteiger partial charge in [0.25, 0.3) is 5.91 Å². The minimum absolute atomic E-state index is 0.151. The third kappa shape index (κ3) is 5.53. The maximum absolute atomic E-state index is 11.6. The number of anilines is 1. The number of rotatable bonds is 5. The molecule has 0 bridgehead atoms. The first kappa shape index (κ1) is 14.9. The van der Waals surface area contributed by atoms with Gasteiger partial charge in [-0.15, -0.1) is 0 Å². The summed E-state index contributed by atoms with van der Waals surface area (Å²) in [6.07, 6.45) is 1.59. The van der Waals surface area contributed by atoms with Crippen LogP contribution in [0, 0.1) is 0 Å². The number of thiocarbonyl (C=S) groups is 1. The van der Waals surface area contributed by atoms with Crippen LogP contribution in [0.4, 0.5) is 5.69 Å². The van der Waals surface area contributed by atoms with Crippen molar-refractivity contribution in [1.82, 2.24) is 16.2 Å². The van der Waals surface area contributed by atoms with Gasteiger partial charge in [-0.05, 0) is 36.5 Å². The molecule has 1 heterocycles. The summed E-state index contributed by atoms with van der Waals surface area (Å²) in [6, 6.07) is 13.1. The predicted octanol–water partition coefficient (Wildman–Crippen LogP) is 1.39. The molecule has 0 unspecified atom stereocenters. The second-order valence-electron chi connectivity index (χ2n) is 4.15. The van der Waals surface area contributed by atoms with Gasteiger partial charge < -0.3 is 15.1 Å². The Labute approximate surface area is 127 Å². The van der Waals surface area contributed by atoms with Gasteiger partial charge in [-0.25, -0.2) is 0 Å². The number of amides is 1. The van der Waals surface area contributed by atoms with Gasteiger partial charge in [0.1, 0.15) is 5.76 Å².